The number of nitrogens with zero attached hydrogens (tertiary/aromatic N) is 3. The molecule has 0 aromatic carbocycles. The van der Waals surface area contributed by atoms with E-state index in [0.29, 0.717) is 22.9 Å². The van der Waals surface area contributed by atoms with Gasteiger partial charge in [-0.3, -0.25) is 15.0 Å². The van der Waals surface area contributed by atoms with Crippen LogP contribution in [0.2, 0.25) is 5.02 Å². The molecule has 2 amide bonds. The summed E-state index contributed by atoms with van der Waals surface area (Å²) in [5, 5.41) is 3.05. The molecular formula is C13H11ClN4O2. The number of hydrogen-bond donors (Lipinski definition) is 1. The zero-order chi connectivity index (χ0) is 14.5. The number of carbonyl (C=O) groups excluding carboxylic acids is 2. The molecule has 0 aliphatic heterocycles. The summed E-state index contributed by atoms with van der Waals surface area (Å²) in [6.45, 7) is 0. The Balaban J connectivity index is 2.14. The van der Waals surface area contributed by atoms with E-state index in [2.05, 4.69) is 15.3 Å². The lowest BCUT2D eigenvalue weighted by atomic mass is 10.3. The largest absolute Gasteiger partial charge is 0.328 e. The van der Waals surface area contributed by atoms with Crippen molar-refractivity contribution in [3.63, 3.8) is 0 Å². The van der Waals surface area contributed by atoms with E-state index in [0.717, 1.165) is 0 Å². The van der Waals surface area contributed by atoms with Crippen LogP contribution in [0.1, 0.15) is 10.5 Å². The number of aromatic nitrogens is 2. The molecule has 0 fully saturated rings. The number of amides is 2. The van der Waals surface area contributed by atoms with Crippen LogP contribution in [0.5, 0.6) is 0 Å². The average molecular weight is 291 g/mol. The van der Waals surface area contributed by atoms with Gasteiger partial charge in [-0.1, -0.05) is 17.7 Å². The third kappa shape index (κ3) is 3.30. The molecule has 0 bridgehead atoms. The van der Waals surface area contributed by atoms with E-state index in [-0.39, 0.29) is 5.69 Å². The summed E-state index contributed by atoms with van der Waals surface area (Å²) in [6.07, 6.45) is 2.11. The molecule has 0 unspecified atom stereocenters. The highest BCUT2D eigenvalue weighted by atomic mass is 35.5. The van der Waals surface area contributed by atoms with Gasteiger partial charge in [-0.15, -0.1) is 0 Å². The Labute approximate surface area is 120 Å². The third-order valence-electron chi connectivity index (χ3n) is 2.48. The molecule has 0 spiro atoms. The van der Waals surface area contributed by atoms with Crippen LogP contribution in [-0.4, -0.2) is 29.3 Å². The first-order valence-electron chi connectivity index (χ1n) is 5.68. The molecule has 0 aliphatic carbocycles. The molecule has 1 N–H and O–H groups in total. The maximum absolute atomic E-state index is 12.0. The molecule has 0 radical (unpaired) electrons. The van der Waals surface area contributed by atoms with Crippen LogP contribution < -0.4 is 10.2 Å². The number of rotatable bonds is 3. The van der Waals surface area contributed by atoms with Gasteiger partial charge in [0, 0.05) is 18.3 Å². The Morgan fingerprint density at radius 1 is 1.40 bits per heavy atom. The van der Waals surface area contributed by atoms with Gasteiger partial charge in [-0.05, 0) is 24.3 Å². The Morgan fingerprint density at radius 3 is 2.90 bits per heavy atom. The number of nitrogens with one attached hydrogen (secondary N) is 1. The van der Waals surface area contributed by atoms with Crippen LogP contribution in [0.3, 0.4) is 0 Å². The number of anilines is 2. The fraction of sp³-hybridized carbons (Fsp3) is 0.0769. The molecule has 102 valence electrons. The van der Waals surface area contributed by atoms with Gasteiger partial charge in [0.25, 0.3) is 0 Å². The van der Waals surface area contributed by atoms with Gasteiger partial charge in [0.2, 0.25) is 0 Å². The van der Waals surface area contributed by atoms with Crippen LogP contribution in [0.15, 0.2) is 36.5 Å². The standard InChI is InChI=1S/C13H11ClN4O2/c1-18(12-4-2-3-10(8-19)16-12)13(20)17-11-7-9(14)5-6-15-11/h2-8H,1H3,(H,15,17,20). The van der Waals surface area contributed by atoms with Crippen LogP contribution in [0, 0.1) is 0 Å². The van der Waals surface area contributed by atoms with E-state index in [9.17, 15) is 9.59 Å². The summed E-state index contributed by atoms with van der Waals surface area (Å²) in [5.41, 5.74) is 0.253. The smallest absolute Gasteiger partial charge is 0.296 e. The van der Waals surface area contributed by atoms with E-state index in [1.165, 1.54) is 24.2 Å². The summed E-state index contributed by atoms with van der Waals surface area (Å²) in [7, 11) is 1.54. The van der Waals surface area contributed by atoms with Crippen molar-refractivity contribution < 1.29 is 9.59 Å². The van der Waals surface area contributed by atoms with Gasteiger partial charge in [0.1, 0.15) is 17.3 Å². The minimum atomic E-state index is -0.435. The number of halogens is 1. The van der Waals surface area contributed by atoms with Crippen molar-refractivity contribution in [3.8, 4) is 0 Å². The van der Waals surface area contributed by atoms with Gasteiger partial charge < -0.3 is 0 Å². The lowest BCUT2D eigenvalue weighted by Crippen LogP contribution is -2.32. The highest BCUT2D eigenvalue weighted by Gasteiger charge is 2.13. The molecule has 0 aliphatic rings. The maximum Gasteiger partial charge on any atom is 0.328 e. The van der Waals surface area contributed by atoms with Gasteiger partial charge >= 0.3 is 6.03 Å². The molecule has 6 nitrogen and oxygen atoms in total. The molecule has 2 aromatic rings. The predicted molar refractivity (Wildman–Crippen MR) is 76.3 cm³/mol. The van der Waals surface area contributed by atoms with Crippen LogP contribution in [0.4, 0.5) is 16.4 Å². The Morgan fingerprint density at radius 2 is 2.20 bits per heavy atom. The Kier molecular flexibility index (Phi) is 4.27. The molecule has 20 heavy (non-hydrogen) atoms. The lowest BCUT2D eigenvalue weighted by Gasteiger charge is -2.16. The predicted octanol–water partition coefficient (Wildman–Crippen LogP) is 2.61. The number of pyridine rings is 2. The topological polar surface area (TPSA) is 75.2 Å². The summed E-state index contributed by atoms with van der Waals surface area (Å²) in [5.74, 6) is 0.690. The Hall–Kier alpha value is -2.47. The van der Waals surface area contributed by atoms with Crippen molar-refractivity contribution in [1.82, 2.24) is 9.97 Å². The molecule has 2 rings (SSSR count). The Bertz CT molecular complexity index is 648. The third-order valence-corrected chi connectivity index (χ3v) is 2.72. The molecule has 0 saturated heterocycles. The minimum absolute atomic E-state index is 0.253. The number of carbonyl (C=O) groups is 2. The van der Waals surface area contributed by atoms with Crippen molar-refractivity contribution in [2.45, 2.75) is 0 Å². The highest BCUT2D eigenvalue weighted by molar-refractivity contribution is 6.30. The van der Waals surface area contributed by atoms with Crippen LogP contribution in [0.25, 0.3) is 0 Å². The monoisotopic (exact) mass is 290 g/mol. The fourth-order valence-electron chi connectivity index (χ4n) is 1.46. The molecule has 7 heteroatoms. The molecular weight excluding hydrogens is 280 g/mol. The molecule has 0 atom stereocenters. The first kappa shape index (κ1) is 14.0. The van der Waals surface area contributed by atoms with Gasteiger partial charge in [0.15, 0.2) is 6.29 Å². The van der Waals surface area contributed by atoms with Gasteiger partial charge in [-0.2, -0.15) is 0 Å². The van der Waals surface area contributed by atoms with Crippen LogP contribution in [-0.2, 0) is 0 Å². The van der Waals surface area contributed by atoms with Crippen molar-refractivity contribution >= 4 is 35.6 Å². The minimum Gasteiger partial charge on any atom is -0.296 e. The molecule has 2 aromatic heterocycles. The molecule has 2 heterocycles. The fourth-order valence-corrected chi connectivity index (χ4v) is 1.62. The number of hydrogen-bond acceptors (Lipinski definition) is 4. The van der Waals surface area contributed by atoms with E-state index in [4.69, 9.17) is 11.6 Å². The lowest BCUT2D eigenvalue weighted by molar-refractivity contribution is 0.111. The van der Waals surface area contributed by atoms with Gasteiger partial charge in [-0.25, -0.2) is 14.8 Å². The van der Waals surface area contributed by atoms with E-state index >= 15 is 0 Å². The zero-order valence-corrected chi connectivity index (χ0v) is 11.3. The average Bonchev–Trinajstić information content (AvgIpc) is 2.46. The first-order valence-corrected chi connectivity index (χ1v) is 6.06. The number of aldehydes is 1. The molecule has 0 saturated carbocycles. The summed E-state index contributed by atoms with van der Waals surface area (Å²) in [6, 6.07) is 7.53. The summed E-state index contributed by atoms with van der Waals surface area (Å²) >= 11 is 5.81. The summed E-state index contributed by atoms with van der Waals surface area (Å²) < 4.78 is 0. The van der Waals surface area contributed by atoms with E-state index < -0.39 is 6.03 Å². The summed E-state index contributed by atoms with van der Waals surface area (Å²) in [4.78, 5) is 32.0. The van der Waals surface area contributed by atoms with Crippen molar-refractivity contribution in [2.75, 3.05) is 17.3 Å². The van der Waals surface area contributed by atoms with E-state index in [1.54, 1.807) is 24.3 Å². The van der Waals surface area contributed by atoms with Crippen LogP contribution >= 0.6 is 11.6 Å². The van der Waals surface area contributed by atoms with Crippen molar-refractivity contribution in [2.24, 2.45) is 0 Å². The second-order valence-corrected chi connectivity index (χ2v) is 4.32. The second-order valence-electron chi connectivity index (χ2n) is 3.89. The second kappa shape index (κ2) is 6.12. The van der Waals surface area contributed by atoms with E-state index in [1.807, 2.05) is 0 Å². The van der Waals surface area contributed by atoms with Crippen molar-refractivity contribution in [3.05, 3.63) is 47.2 Å². The maximum atomic E-state index is 12.0. The van der Waals surface area contributed by atoms with Gasteiger partial charge in [0.05, 0.1) is 0 Å². The first-order chi connectivity index (χ1) is 9.60. The number of urea groups is 1. The van der Waals surface area contributed by atoms with Crippen molar-refractivity contribution in [1.29, 1.82) is 0 Å². The zero-order valence-electron chi connectivity index (χ0n) is 10.6. The quantitative estimate of drug-likeness (QED) is 0.882. The highest BCUT2D eigenvalue weighted by Crippen LogP contribution is 2.14. The SMILES string of the molecule is CN(C(=O)Nc1cc(Cl)ccn1)c1cccc(C=O)n1. The normalized spacial score (nSPS) is 9.90.